The van der Waals surface area contributed by atoms with E-state index in [1.807, 2.05) is 24.3 Å². The first-order valence-electron chi connectivity index (χ1n) is 12.5. The molecule has 1 saturated heterocycles. The highest BCUT2D eigenvalue weighted by atomic mass is 32.2. The van der Waals surface area contributed by atoms with Gasteiger partial charge in [-0.25, -0.2) is 13.4 Å². The summed E-state index contributed by atoms with van der Waals surface area (Å²) in [4.78, 5) is 21.9. The van der Waals surface area contributed by atoms with Crippen LogP contribution in [0.4, 0.5) is 24.8 Å². The number of fused-ring (bicyclic) bond motifs is 1. The Morgan fingerprint density at radius 1 is 1.12 bits per heavy atom. The van der Waals surface area contributed by atoms with Crippen molar-refractivity contribution in [3.05, 3.63) is 76.2 Å². The number of halogens is 3. The molecule has 9 nitrogen and oxygen atoms in total. The monoisotopic (exact) mass is 573 g/mol. The highest BCUT2D eigenvalue weighted by Crippen LogP contribution is 2.38. The summed E-state index contributed by atoms with van der Waals surface area (Å²) in [5.74, 6) is 0.195. The molecule has 210 valence electrons. The molecule has 0 saturated carbocycles. The van der Waals surface area contributed by atoms with Crippen LogP contribution >= 0.6 is 0 Å². The third kappa shape index (κ3) is 5.58. The van der Waals surface area contributed by atoms with Crippen LogP contribution in [0.2, 0.25) is 0 Å². The lowest BCUT2D eigenvalue weighted by molar-refractivity contribution is -0.137. The van der Waals surface area contributed by atoms with E-state index in [4.69, 9.17) is 4.74 Å². The molecule has 1 aliphatic rings. The van der Waals surface area contributed by atoms with Crippen LogP contribution in [0.15, 0.2) is 64.4 Å². The zero-order valence-electron chi connectivity index (χ0n) is 21.6. The molecule has 1 aliphatic heterocycles. The summed E-state index contributed by atoms with van der Waals surface area (Å²) in [6.45, 7) is 3.95. The van der Waals surface area contributed by atoms with Gasteiger partial charge in [-0.05, 0) is 48.9 Å². The number of rotatable bonds is 6. The molecule has 0 spiro atoms. The molecule has 1 fully saturated rings. The third-order valence-electron chi connectivity index (χ3n) is 6.62. The van der Waals surface area contributed by atoms with Gasteiger partial charge in [0.25, 0.3) is 5.56 Å². The van der Waals surface area contributed by atoms with E-state index in [1.165, 1.54) is 16.8 Å². The quantitative estimate of drug-likeness (QED) is 0.351. The summed E-state index contributed by atoms with van der Waals surface area (Å²) in [6.07, 6.45) is -2.56. The van der Waals surface area contributed by atoms with Crippen molar-refractivity contribution in [2.45, 2.75) is 30.6 Å². The molecule has 0 radical (unpaired) electrons. The molecule has 1 atom stereocenters. The largest absolute Gasteiger partial charge is 0.417 e. The lowest BCUT2D eigenvalue weighted by Crippen LogP contribution is -2.33. The van der Waals surface area contributed by atoms with E-state index < -0.39 is 32.7 Å². The number of sulfone groups is 1. The summed E-state index contributed by atoms with van der Waals surface area (Å²) in [6, 6.07) is 11.3. The Hall–Kier alpha value is -3.81. The number of hydrogen-bond acceptors (Lipinski definition) is 8. The van der Waals surface area contributed by atoms with Crippen LogP contribution in [0, 0.1) is 0 Å². The molecule has 0 bridgehead atoms. The summed E-state index contributed by atoms with van der Waals surface area (Å²) in [5.41, 5.74) is -0.739. The first-order valence-corrected chi connectivity index (χ1v) is 14.4. The molecule has 4 aromatic rings. The highest BCUT2D eigenvalue weighted by Gasteiger charge is 2.35. The highest BCUT2D eigenvalue weighted by molar-refractivity contribution is 7.90. The van der Waals surface area contributed by atoms with Crippen LogP contribution in [-0.2, 0) is 27.3 Å². The summed E-state index contributed by atoms with van der Waals surface area (Å²) < 4.78 is 72.8. The molecule has 0 aliphatic carbocycles. The normalized spacial score (nSPS) is 16.3. The Kier molecular flexibility index (Phi) is 7.38. The Morgan fingerprint density at radius 3 is 2.50 bits per heavy atom. The Labute approximate surface area is 228 Å². The van der Waals surface area contributed by atoms with Gasteiger partial charge in [0.05, 0.1) is 23.2 Å². The maximum atomic E-state index is 13.9. The van der Waals surface area contributed by atoms with Crippen LogP contribution in [0.25, 0.3) is 22.2 Å². The van der Waals surface area contributed by atoms with E-state index in [2.05, 4.69) is 20.6 Å². The van der Waals surface area contributed by atoms with E-state index >= 15 is 0 Å². The van der Waals surface area contributed by atoms with Gasteiger partial charge in [-0.3, -0.25) is 9.36 Å². The number of aryl methyl sites for hydroxylation is 1. The maximum absolute atomic E-state index is 13.9. The molecule has 5 rings (SSSR count). The molecule has 0 amide bonds. The van der Waals surface area contributed by atoms with Crippen LogP contribution < -0.4 is 16.2 Å². The third-order valence-corrected chi connectivity index (χ3v) is 7.73. The number of nitrogens with zero attached hydrogens (tertiary/aromatic N) is 3. The second kappa shape index (κ2) is 10.6. The van der Waals surface area contributed by atoms with E-state index in [9.17, 15) is 26.4 Å². The fourth-order valence-corrected chi connectivity index (χ4v) is 5.27. The molecule has 13 heteroatoms. The standard InChI is InChI=1S/C27H26F3N5O4S/c1-3-35-24-17(12-21(25(35)36)20-13-19(40(2,37)38)8-9-22(20)27(28,29)30)14-32-26(34-24)33-18-6-4-16(5-7-18)23-15-31-10-11-39-23/h4-9,12-14,23,31H,3,10-11,15H2,1-2H3,(H,32,33,34). The second-order valence-corrected chi connectivity index (χ2v) is 11.4. The lowest BCUT2D eigenvalue weighted by Gasteiger charge is -2.24. The van der Waals surface area contributed by atoms with Crippen molar-refractivity contribution in [2.75, 3.05) is 31.3 Å². The van der Waals surface area contributed by atoms with Crippen molar-refractivity contribution < 1.29 is 26.3 Å². The molecule has 2 N–H and O–H groups in total. The first-order chi connectivity index (χ1) is 19.0. The van der Waals surface area contributed by atoms with Crippen molar-refractivity contribution in [3.8, 4) is 11.1 Å². The Morgan fingerprint density at radius 2 is 1.88 bits per heavy atom. The van der Waals surface area contributed by atoms with Crippen molar-refractivity contribution >= 4 is 32.5 Å². The lowest BCUT2D eigenvalue weighted by atomic mass is 9.99. The number of aromatic nitrogens is 3. The fourth-order valence-electron chi connectivity index (χ4n) is 4.62. The first kappa shape index (κ1) is 27.7. The molecule has 3 heterocycles. The van der Waals surface area contributed by atoms with Crippen molar-refractivity contribution in [3.63, 3.8) is 0 Å². The number of ether oxygens (including phenoxy) is 1. The minimum Gasteiger partial charge on any atom is -0.371 e. The van der Waals surface area contributed by atoms with Gasteiger partial charge < -0.3 is 15.4 Å². The number of anilines is 2. The Balaban J connectivity index is 1.54. The van der Waals surface area contributed by atoms with E-state index in [0.29, 0.717) is 23.7 Å². The number of nitrogens with one attached hydrogen (secondary N) is 2. The van der Waals surface area contributed by atoms with Gasteiger partial charge in [0.1, 0.15) is 5.65 Å². The van der Waals surface area contributed by atoms with Crippen LogP contribution in [-0.4, -0.2) is 48.9 Å². The Bertz CT molecular complexity index is 1730. The van der Waals surface area contributed by atoms with Gasteiger partial charge in [-0.1, -0.05) is 12.1 Å². The van der Waals surface area contributed by atoms with Gasteiger partial charge in [-0.15, -0.1) is 0 Å². The van der Waals surface area contributed by atoms with Gasteiger partial charge >= 0.3 is 6.18 Å². The predicted molar refractivity (Wildman–Crippen MR) is 144 cm³/mol. The molecule has 2 aromatic heterocycles. The summed E-state index contributed by atoms with van der Waals surface area (Å²) in [7, 11) is -3.83. The topological polar surface area (TPSA) is 115 Å². The molecular formula is C27H26F3N5O4S. The van der Waals surface area contributed by atoms with Gasteiger partial charge in [0.2, 0.25) is 5.95 Å². The average Bonchev–Trinajstić information content (AvgIpc) is 2.92. The summed E-state index contributed by atoms with van der Waals surface area (Å²) in [5, 5.41) is 6.69. The van der Waals surface area contributed by atoms with Gasteiger partial charge in [0.15, 0.2) is 9.84 Å². The zero-order chi connectivity index (χ0) is 28.7. The zero-order valence-corrected chi connectivity index (χ0v) is 22.4. The molecule has 1 unspecified atom stereocenters. The minimum atomic E-state index is -4.82. The molecular weight excluding hydrogens is 547 g/mol. The maximum Gasteiger partial charge on any atom is 0.417 e. The summed E-state index contributed by atoms with van der Waals surface area (Å²) >= 11 is 0. The number of morpholine rings is 1. The van der Waals surface area contributed by atoms with E-state index in [0.717, 1.165) is 37.0 Å². The van der Waals surface area contributed by atoms with Gasteiger partial charge in [-0.2, -0.15) is 18.2 Å². The van der Waals surface area contributed by atoms with Crippen LogP contribution in [0.1, 0.15) is 24.2 Å². The smallest absolute Gasteiger partial charge is 0.371 e. The van der Waals surface area contributed by atoms with Crippen LogP contribution in [0.5, 0.6) is 0 Å². The molecule has 40 heavy (non-hydrogen) atoms. The van der Waals surface area contributed by atoms with E-state index in [-0.39, 0.29) is 34.7 Å². The second-order valence-electron chi connectivity index (χ2n) is 9.37. The van der Waals surface area contributed by atoms with E-state index in [1.54, 1.807) is 6.92 Å². The number of benzene rings is 2. The number of pyridine rings is 1. The predicted octanol–water partition coefficient (Wildman–Crippen LogP) is 4.31. The number of alkyl halides is 3. The fraction of sp³-hybridized carbons (Fsp3) is 0.296. The van der Waals surface area contributed by atoms with Crippen LogP contribution in [0.3, 0.4) is 0 Å². The number of hydrogen-bond donors (Lipinski definition) is 2. The van der Waals surface area contributed by atoms with Crippen molar-refractivity contribution in [1.29, 1.82) is 0 Å². The van der Waals surface area contributed by atoms with Gasteiger partial charge in [0, 0.05) is 54.3 Å². The average molecular weight is 574 g/mol. The SMILES string of the molecule is CCn1c(=O)c(-c2cc(S(C)(=O)=O)ccc2C(F)(F)F)cc2cnc(Nc3ccc(C4CNCCO4)cc3)nc21. The van der Waals surface area contributed by atoms with Crippen molar-refractivity contribution in [1.82, 2.24) is 19.9 Å². The molecule has 2 aromatic carbocycles. The minimum absolute atomic E-state index is 0.0381. The van der Waals surface area contributed by atoms with Crippen molar-refractivity contribution in [2.24, 2.45) is 0 Å².